The van der Waals surface area contributed by atoms with Crippen LogP contribution in [0, 0.1) is 25.2 Å². The number of para-hydroxylation sites is 4. The van der Waals surface area contributed by atoms with Gasteiger partial charge in [-0.1, -0.05) is 182 Å². The summed E-state index contributed by atoms with van der Waals surface area (Å²) in [6, 6.07) is 107. The lowest BCUT2D eigenvalue weighted by atomic mass is 9.75. The number of furan rings is 2. The van der Waals surface area contributed by atoms with Crippen molar-refractivity contribution in [1.82, 2.24) is 14.1 Å². The van der Waals surface area contributed by atoms with Gasteiger partial charge in [-0.3, -0.25) is 4.98 Å². The van der Waals surface area contributed by atoms with E-state index in [-0.39, 0.29) is 0 Å². The summed E-state index contributed by atoms with van der Waals surface area (Å²) in [7, 11) is 0. The van der Waals surface area contributed by atoms with Gasteiger partial charge in [-0.05, 0) is 190 Å². The molecule has 5 aromatic heterocycles. The fourth-order valence-electron chi connectivity index (χ4n) is 14.7. The highest BCUT2D eigenvalue weighted by Gasteiger charge is 2.31. The van der Waals surface area contributed by atoms with Gasteiger partial charge in [0.05, 0.1) is 27.6 Å². The SMILES string of the molecule is Cc1cc(-c2c(C#N)c(-c3ccc4oc5ccccc5c4c3)c(-c3ccc(-n4c5ccccc5c5cc(-c6ccccc6)ccc54)cc3)c(-c3ccc(-n4c5ccccc5c5cc(-c6ccccc6)ccc54)cc3)c2-c2ccc3oc4ccccc4c3c2)cc(C)n1. The topological polar surface area (TPSA) is 72.8 Å². The average Bonchev–Trinajstić information content (AvgIpc) is 0.791. The molecule has 6 nitrogen and oxygen atoms in total. The van der Waals surface area contributed by atoms with Crippen LogP contribution >= 0.6 is 0 Å². The third-order valence-corrected chi connectivity index (χ3v) is 18.7. The molecule has 0 aliphatic rings. The van der Waals surface area contributed by atoms with Gasteiger partial charge in [0, 0.05) is 77.0 Å². The minimum Gasteiger partial charge on any atom is -0.456 e. The number of hydrogen-bond acceptors (Lipinski definition) is 4. The van der Waals surface area contributed by atoms with E-state index in [0.717, 1.165) is 144 Å². The predicted molar refractivity (Wildman–Crippen MR) is 380 cm³/mol. The van der Waals surface area contributed by atoms with Crippen molar-refractivity contribution in [1.29, 1.82) is 5.26 Å². The van der Waals surface area contributed by atoms with Crippen molar-refractivity contribution in [2.75, 3.05) is 0 Å². The summed E-state index contributed by atoms with van der Waals surface area (Å²) in [5.74, 6) is 0. The maximum atomic E-state index is 12.4. The van der Waals surface area contributed by atoms with E-state index in [1.54, 1.807) is 0 Å². The van der Waals surface area contributed by atoms with E-state index in [1.165, 1.54) is 43.8 Å². The van der Waals surface area contributed by atoms with Crippen molar-refractivity contribution in [2.24, 2.45) is 0 Å². The van der Waals surface area contributed by atoms with Gasteiger partial charge >= 0.3 is 0 Å². The van der Waals surface area contributed by atoms with E-state index in [9.17, 15) is 5.26 Å². The number of aromatic nitrogens is 3. The standard InChI is InChI=1S/C86H54N4O2/c1-52-45-62(46-53(2)88-52)83-73(51-87)82(60-35-43-80-71(49-60)67-23-11-15-27-78(67)91-80)84(56-29-37-63(38-30-56)89-74-25-13-9-21-65(74)69-47-58(33-41-76(69)89)54-17-5-3-6-18-54)85(86(83)61-36-44-81-72(50-61)68-24-12-16-28-79(68)92-81)57-31-39-64(40-32-57)90-75-26-14-10-22-66(75)70-48-59(34-42-77(70)90)55-19-7-4-8-20-55/h3-50H,1-2H3. The van der Waals surface area contributed by atoms with Crippen LogP contribution in [0.15, 0.2) is 300 Å². The van der Waals surface area contributed by atoms with Crippen LogP contribution in [-0.2, 0) is 0 Å². The fourth-order valence-corrected chi connectivity index (χ4v) is 14.7. The zero-order valence-corrected chi connectivity index (χ0v) is 50.3. The third kappa shape index (κ3) is 8.37. The second kappa shape index (κ2) is 20.9. The van der Waals surface area contributed by atoms with Crippen LogP contribution in [0.5, 0.6) is 0 Å². The van der Waals surface area contributed by atoms with Gasteiger partial charge in [0.15, 0.2) is 0 Å². The molecule has 0 spiro atoms. The third-order valence-electron chi connectivity index (χ3n) is 18.7. The smallest absolute Gasteiger partial charge is 0.135 e. The molecule has 0 aliphatic carbocycles. The Bertz CT molecular complexity index is 6060. The average molecular weight is 1180 g/mol. The van der Waals surface area contributed by atoms with Gasteiger partial charge in [-0.25, -0.2) is 0 Å². The Balaban J connectivity index is 0.947. The van der Waals surface area contributed by atoms with E-state index in [1.807, 2.05) is 38.1 Å². The number of pyridine rings is 1. The van der Waals surface area contributed by atoms with Crippen LogP contribution in [0.4, 0.5) is 0 Å². The molecule has 0 atom stereocenters. The second-order valence-electron chi connectivity index (χ2n) is 24.1. The first kappa shape index (κ1) is 52.8. The molecule has 5 heterocycles. The molecule has 0 saturated heterocycles. The molecule has 92 heavy (non-hydrogen) atoms. The number of benzene rings is 13. The van der Waals surface area contributed by atoms with E-state index in [0.29, 0.717) is 5.56 Å². The summed E-state index contributed by atoms with van der Waals surface area (Å²) in [4.78, 5) is 4.94. The minimum absolute atomic E-state index is 0.547. The highest BCUT2D eigenvalue weighted by atomic mass is 16.3. The van der Waals surface area contributed by atoms with E-state index < -0.39 is 0 Å². The van der Waals surface area contributed by atoms with Crippen LogP contribution in [0.1, 0.15) is 17.0 Å². The lowest BCUT2D eigenvalue weighted by molar-refractivity contribution is 0.668. The summed E-state index contributed by atoms with van der Waals surface area (Å²) in [5, 5.41) is 21.2. The molecular formula is C86H54N4O2. The lowest BCUT2D eigenvalue weighted by Crippen LogP contribution is -2.03. The van der Waals surface area contributed by atoms with Crippen molar-refractivity contribution in [2.45, 2.75) is 13.8 Å². The monoisotopic (exact) mass is 1170 g/mol. The number of nitrogens with zero attached hydrogens (tertiary/aromatic N) is 4. The number of hydrogen-bond donors (Lipinski definition) is 0. The van der Waals surface area contributed by atoms with Gasteiger partial charge in [0.25, 0.3) is 0 Å². The highest BCUT2D eigenvalue weighted by molar-refractivity contribution is 6.16. The number of rotatable bonds is 9. The fraction of sp³-hybridized carbons (Fsp3) is 0.0233. The molecule has 0 amide bonds. The van der Waals surface area contributed by atoms with Crippen molar-refractivity contribution in [3.05, 3.63) is 308 Å². The zero-order chi connectivity index (χ0) is 61.1. The van der Waals surface area contributed by atoms with Gasteiger partial charge in [0.2, 0.25) is 0 Å². The first-order valence-corrected chi connectivity index (χ1v) is 31.2. The second-order valence-corrected chi connectivity index (χ2v) is 24.1. The summed E-state index contributed by atoms with van der Waals surface area (Å²) < 4.78 is 17.9. The van der Waals surface area contributed by atoms with E-state index in [2.05, 4.69) is 282 Å². The van der Waals surface area contributed by atoms with Crippen molar-refractivity contribution >= 4 is 87.5 Å². The number of nitriles is 1. The molecule has 0 aliphatic heterocycles. The maximum absolute atomic E-state index is 12.4. The van der Waals surface area contributed by atoms with Crippen molar-refractivity contribution in [3.63, 3.8) is 0 Å². The Morgan fingerprint density at radius 3 is 1.10 bits per heavy atom. The molecule has 18 rings (SSSR count). The Morgan fingerprint density at radius 2 is 0.620 bits per heavy atom. The summed E-state index contributed by atoms with van der Waals surface area (Å²) >= 11 is 0. The van der Waals surface area contributed by atoms with Gasteiger partial charge in [-0.15, -0.1) is 0 Å². The summed E-state index contributed by atoms with van der Waals surface area (Å²) in [6.45, 7) is 4.08. The van der Waals surface area contributed by atoms with Crippen LogP contribution < -0.4 is 0 Å². The molecule has 13 aromatic carbocycles. The van der Waals surface area contributed by atoms with Crippen molar-refractivity contribution < 1.29 is 8.83 Å². The van der Waals surface area contributed by atoms with Crippen molar-refractivity contribution in [3.8, 4) is 95.3 Å². The first-order valence-electron chi connectivity index (χ1n) is 31.2. The van der Waals surface area contributed by atoms with Crippen LogP contribution in [-0.4, -0.2) is 14.1 Å². The zero-order valence-electron chi connectivity index (χ0n) is 50.3. The normalized spacial score (nSPS) is 11.8. The van der Waals surface area contributed by atoms with Crippen LogP contribution in [0.3, 0.4) is 0 Å². The van der Waals surface area contributed by atoms with Crippen LogP contribution in [0.2, 0.25) is 0 Å². The summed E-state index contributed by atoms with van der Waals surface area (Å²) in [6.07, 6.45) is 0. The van der Waals surface area contributed by atoms with E-state index >= 15 is 0 Å². The Kier molecular flexibility index (Phi) is 12.0. The minimum atomic E-state index is 0.547. The molecule has 0 N–H and O–H groups in total. The van der Waals surface area contributed by atoms with Crippen LogP contribution in [0.25, 0.3) is 177 Å². The molecule has 18 aromatic rings. The van der Waals surface area contributed by atoms with Gasteiger partial charge < -0.3 is 18.0 Å². The molecule has 0 radical (unpaired) electrons. The lowest BCUT2D eigenvalue weighted by Gasteiger charge is -2.27. The molecular weight excluding hydrogens is 1120 g/mol. The van der Waals surface area contributed by atoms with E-state index in [4.69, 9.17) is 13.8 Å². The summed E-state index contributed by atoms with van der Waals surface area (Å²) in [5.41, 5.74) is 25.8. The largest absolute Gasteiger partial charge is 0.456 e. The highest BCUT2D eigenvalue weighted by Crippen LogP contribution is 2.54. The molecule has 6 heteroatoms. The Morgan fingerprint density at radius 1 is 0.272 bits per heavy atom. The molecule has 0 bridgehead atoms. The Hall–Kier alpha value is -12.3. The van der Waals surface area contributed by atoms with Gasteiger partial charge in [-0.2, -0.15) is 5.26 Å². The van der Waals surface area contributed by atoms with Gasteiger partial charge in [0.1, 0.15) is 28.4 Å². The number of fused-ring (bicyclic) bond motifs is 12. The number of aryl methyl sites for hydroxylation is 2. The molecule has 0 saturated carbocycles. The maximum Gasteiger partial charge on any atom is 0.135 e. The molecule has 0 fully saturated rings. The molecule has 0 unspecified atom stereocenters. The quantitative estimate of drug-likeness (QED) is 0.144. The predicted octanol–water partition coefficient (Wildman–Crippen LogP) is 23.2. The molecule has 430 valence electrons. The first-order chi connectivity index (χ1) is 45.4. The Labute approximate surface area is 530 Å².